The topological polar surface area (TPSA) is 118 Å². The van der Waals surface area contributed by atoms with Gasteiger partial charge in [-0.1, -0.05) is 94.9 Å². The molecule has 0 saturated heterocycles. The molecule has 0 aliphatic rings. The largest absolute Gasteiger partial charge is 0.481 e. The van der Waals surface area contributed by atoms with Crippen LogP contribution in [0.2, 0.25) is 20.1 Å². The van der Waals surface area contributed by atoms with Gasteiger partial charge in [-0.2, -0.15) is 9.46 Å². The molecule has 0 saturated carbocycles. The summed E-state index contributed by atoms with van der Waals surface area (Å²) in [6.45, 7) is 3.63. The van der Waals surface area contributed by atoms with Crippen molar-refractivity contribution in [3.63, 3.8) is 0 Å². The first-order chi connectivity index (χ1) is 26.7. The third-order valence-electron chi connectivity index (χ3n) is 7.00. The van der Waals surface area contributed by atoms with Crippen molar-refractivity contribution in [2.75, 3.05) is 16.0 Å². The summed E-state index contributed by atoms with van der Waals surface area (Å²) in [6, 6.07) is 25.0. The maximum absolute atomic E-state index is 12.4. The van der Waals surface area contributed by atoms with E-state index in [1.807, 2.05) is 48.0 Å². The van der Waals surface area contributed by atoms with Gasteiger partial charge in [-0.15, -0.1) is 45.9 Å². The number of carbonyl (C=O) groups is 2. The van der Waals surface area contributed by atoms with E-state index < -0.39 is 11.9 Å². The third kappa shape index (κ3) is 14.6. The summed E-state index contributed by atoms with van der Waals surface area (Å²) in [4.78, 5) is 28.6. The van der Waals surface area contributed by atoms with E-state index in [0.717, 1.165) is 27.4 Å². The maximum atomic E-state index is 12.4. The lowest BCUT2D eigenvalue weighted by atomic mass is 10.1. The van der Waals surface area contributed by atoms with Crippen LogP contribution in [0.3, 0.4) is 0 Å². The summed E-state index contributed by atoms with van der Waals surface area (Å²) in [6.07, 6.45) is 0.00749. The zero-order chi connectivity index (χ0) is 41.4. The SMILES string of the molecule is Cc1csc(=S)n1O.Cc1csc(=S)n1OC(=O)Cc1ccccc1Nc1c(Cl)cccc1Cl.ClCCl.O=C(O)Cc1ccccc1Nc1c(Cl)cccc1Cl. The zero-order valence-electron chi connectivity index (χ0n) is 29.3. The minimum atomic E-state index is -0.889. The fourth-order valence-corrected chi connectivity index (χ4v) is 7.27. The summed E-state index contributed by atoms with van der Waals surface area (Å²) < 4.78 is 3.36. The van der Waals surface area contributed by atoms with Crippen molar-refractivity contribution in [2.45, 2.75) is 26.7 Å². The number of anilines is 4. The van der Waals surface area contributed by atoms with Gasteiger partial charge in [0.2, 0.25) is 0 Å². The molecule has 0 amide bonds. The summed E-state index contributed by atoms with van der Waals surface area (Å²) in [7, 11) is 0. The highest BCUT2D eigenvalue weighted by atomic mass is 35.5. The van der Waals surface area contributed by atoms with Gasteiger partial charge in [0.15, 0.2) is 7.91 Å². The molecule has 0 spiro atoms. The van der Waals surface area contributed by atoms with E-state index >= 15 is 0 Å². The van der Waals surface area contributed by atoms with Crippen molar-refractivity contribution < 1.29 is 24.7 Å². The van der Waals surface area contributed by atoms with Crippen LogP contribution in [0.25, 0.3) is 0 Å². The second-order valence-electron chi connectivity index (χ2n) is 11.0. The Balaban J connectivity index is 0.000000243. The molecule has 4 aromatic carbocycles. The molecule has 9 nitrogen and oxygen atoms in total. The number of thiazole rings is 2. The second-order valence-corrected chi connectivity index (χ2v) is 16.4. The number of carbonyl (C=O) groups excluding carboxylic acids is 1. The molecule has 19 heteroatoms. The van der Waals surface area contributed by atoms with Gasteiger partial charge >= 0.3 is 11.9 Å². The van der Waals surface area contributed by atoms with Crippen LogP contribution < -0.4 is 15.5 Å². The van der Waals surface area contributed by atoms with Gasteiger partial charge in [0.25, 0.3) is 0 Å². The summed E-state index contributed by atoms with van der Waals surface area (Å²) in [5.41, 5.74) is 5.57. The van der Waals surface area contributed by atoms with Crippen LogP contribution in [0.5, 0.6) is 0 Å². The van der Waals surface area contributed by atoms with Gasteiger partial charge in [-0.3, -0.25) is 4.79 Å². The Bertz CT molecular complexity index is 2330. The van der Waals surface area contributed by atoms with Crippen molar-refractivity contribution in [1.82, 2.24) is 9.46 Å². The number of para-hydroxylation sites is 4. The van der Waals surface area contributed by atoms with Crippen LogP contribution >= 0.6 is 117 Å². The van der Waals surface area contributed by atoms with Gasteiger partial charge in [-0.05, 0) is 85.8 Å². The Labute approximate surface area is 371 Å². The predicted octanol–water partition coefficient (Wildman–Crippen LogP) is 13.4. The Morgan fingerprint density at radius 2 is 1.09 bits per heavy atom. The Hall–Kier alpha value is -3.34. The van der Waals surface area contributed by atoms with Crippen LogP contribution in [-0.2, 0) is 22.4 Å². The number of halogens is 6. The number of nitrogens with one attached hydrogen (secondary N) is 2. The van der Waals surface area contributed by atoms with Gasteiger partial charge in [0, 0.05) is 22.1 Å². The van der Waals surface area contributed by atoms with Crippen LogP contribution in [0.15, 0.2) is 95.7 Å². The first-order valence-corrected chi connectivity index (χ1v) is 21.0. The lowest BCUT2D eigenvalue weighted by Gasteiger charge is -2.14. The number of aliphatic carboxylic acids is 1. The number of rotatable bonds is 9. The molecule has 0 atom stereocenters. The third-order valence-corrected chi connectivity index (χ3v) is 10.8. The normalized spacial score (nSPS) is 10.1. The van der Waals surface area contributed by atoms with Gasteiger partial charge in [-0.25, -0.2) is 4.79 Å². The molecule has 0 aliphatic carbocycles. The summed E-state index contributed by atoms with van der Waals surface area (Å²) in [5.74, 6) is -1.30. The highest BCUT2D eigenvalue weighted by Crippen LogP contribution is 2.35. The van der Waals surface area contributed by atoms with E-state index in [2.05, 4.69) is 10.6 Å². The van der Waals surface area contributed by atoms with Gasteiger partial charge in [0.05, 0.1) is 61.0 Å². The number of aromatic nitrogens is 2. The molecule has 6 aromatic rings. The maximum Gasteiger partial charge on any atom is 0.337 e. The molecule has 0 unspecified atom stereocenters. The average molecular weight is 954 g/mol. The van der Waals surface area contributed by atoms with Gasteiger partial charge in [0.1, 0.15) is 0 Å². The molecule has 6 rings (SSSR count). The quantitative estimate of drug-likeness (QED) is 0.0638. The highest BCUT2D eigenvalue weighted by molar-refractivity contribution is 7.73. The monoisotopic (exact) mass is 950 g/mol. The fraction of sp³-hybridized carbons (Fsp3) is 0.135. The zero-order valence-corrected chi connectivity index (χ0v) is 37.1. The number of hydrogen-bond donors (Lipinski definition) is 4. The molecular formula is C37H32Cl6N4O5S4. The number of aryl methyl sites for hydroxylation is 2. The van der Waals surface area contributed by atoms with E-state index in [4.69, 9.17) is 109 Å². The highest BCUT2D eigenvalue weighted by Gasteiger charge is 2.14. The molecular weight excluding hydrogens is 921 g/mol. The molecule has 2 aromatic heterocycles. The number of alkyl halides is 2. The molecule has 2 heterocycles. The molecule has 4 N–H and O–H groups in total. The Morgan fingerprint density at radius 3 is 1.45 bits per heavy atom. The number of benzene rings is 4. The smallest absolute Gasteiger partial charge is 0.337 e. The first-order valence-electron chi connectivity index (χ1n) is 15.8. The second kappa shape index (κ2) is 23.8. The van der Waals surface area contributed by atoms with E-state index in [1.54, 1.807) is 61.5 Å². The van der Waals surface area contributed by atoms with Crippen LogP contribution in [0.4, 0.5) is 22.7 Å². The fourth-order valence-electron chi connectivity index (χ4n) is 4.41. The molecule has 296 valence electrons. The number of carboxylic acid groups (broad SMARTS) is 1. The summed E-state index contributed by atoms with van der Waals surface area (Å²) >= 11 is 46.7. The Morgan fingerprint density at radius 1 is 0.679 bits per heavy atom. The number of carboxylic acids is 1. The minimum Gasteiger partial charge on any atom is -0.481 e. The predicted molar refractivity (Wildman–Crippen MR) is 239 cm³/mol. The lowest BCUT2D eigenvalue weighted by Crippen LogP contribution is -2.22. The van der Waals surface area contributed by atoms with E-state index in [-0.39, 0.29) is 18.2 Å². The van der Waals surface area contributed by atoms with Crippen molar-refractivity contribution in [2.24, 2.45) is 0 Å². The van der Waals surface area contributed by atoms with Crippen molar-refractivity contribution >= 4 is 151 Å². The van der Waals surface area contributed by atoms with Crippen LogP contribution in [0.1, 0.15) is 22.5 Å². The first kappa shape index (κ1) is 47.0. The Kier molecular flexibility index (Phi) is 20.0. The van der Waals surface area contributed by atoms with Crippen LogP contribution in [0, 0.1) is 21.8 Å². The van der Waals surface area contributed by atoms with E-state index in [9.17, 15) is 9.59 Å². The van der Waals surface area contributed by atoms with Gasteiger partial charge < -0.3 is 25.8 Å². The standard InChI is InChI=1S/C18H14Cl2N2O2S2.C14H11Cl2NO2.C4H5NOS2.CH2Cl2/c1-11-10-26-18(25)22(11)24-16(23)9-12-5-2-3-8-15(12)21-17-13(19)6-4-7-14(17)20;15-10-5-3-6-11(16)14(10)17-12-7-2-1-4-9(12)8-13(18)19;1-3-2-8-4(7)5(3)6;2-1-3/h2-8,10,21H,9H2,1H3;1-7,17H,8H2,(H,18,19);2,6H,1H3;1H2. The van der Waals surface area contributed by atoms with Crippen molar-refractivity contribution in [3.05, 3.63) is 146 Å². The average Bonchev–Trinajstić information content (AvgIpc) is 3.63. The minimum absolute atomic E-state index is 0.0642. The number of nitrogens with zero attached hydrogens (tertiary/aromatic N) is 2. The molecule has 0 fully saturated rings. The van der Waals surface area contributed by atoms with Crippen molar-refractivity contribution in [3.8, 4) is 0 Å². The van der Waals surface area contributed by atoms with E-state index in [0.29, 0.717) is 50.6 Å². The van der Waals surface area contributed by atoms with Crippen LogP contribution in [-0.4, -0.2) is 37.1 Å². The number of hydrogen-bond acceptors (Lipinski definition) is 10. The molecule has 0 aliphatic heterocycles. The lowest BCUT2D eigenvalue weighted by molar-refractivity contribution is -0.143. The summed E-state index contributed by atoms with van der Waals surface area (Å²) in [5, 5.41) is 29.8. The molecule has 0 bridgehead atoms. The molecule has 0 radical (unpaired) electrons. The molecule has 56 heavy (non-hydrogen) atoms. The van der Waals surface area contributed by atoms with Crippen molar-refractivity contribution in [1.29, 1.82) is 0 Å². The van der Waals surface area contributed by atoms with E-state index in [1.165, 1.54) is 27.4 Å².